The fourth-order valence-corrected chi connectivity index (χ4v) is 2.78. The molecule has 1 aliphatic rings. The Kier molecular flexibility index (Phi) is 4.82. The van der Waals surface area contributed by atoms with Crippen molar-refractivity contribution in [2.24, 2.45) is 0 Å². The molecule has 3 atom stereocenters. The van der Waals surface area contributed by atoms with E-state index in [9.17, 15) is 0 Å². The summed E-state index contributed by atoms with van der Waals surface area (Å²) >= 11 is 2.34. The van der Waals surface area contributed by atoms with Gasteiger partial charge in [-0.1, -0.05) is 12.1 Å². The molecule has 0 amide bonds. The Hall–Kier alpha value is -0.130. The van der Waals surface area contributed by atoms with Crippen molar-refractivity contribution in [2.45, 2.75) is 44.4 Å². The second kappa shape index (κ2) is 6.16. The van der Waals surface area contributed by atoms with Crippen LogP contribution in [0.5, 0.6) is 0 Å². The van der Waals surface area contributed by atoms with E-state index in [1.807, 2.05) is 7.05 Å². The first-order chi connectivity index (χ1) is 8.19. The van der Waals surface area contributed by atoms with Crippen LogP contribution in [0.15, 0.2) is 24.3 Å². The fraction of sp³-hybridized carbons (Fsp3) is 0.571. The Bertz CT molecular complexity index is 352. The lowest BCUT2D eigenvalue weighted by molar-refractivity contribution is 0.0337. The number of halogens is 1. The minimum atomic E-state index is 0.370. The van der Waals surface area contributed by atoms with Gasteiger partial charge >= 0.3 is 0 Å². The lowest BCUT2D eigenvalue weighted by Crippen LogP contribution is -2.39. The van der Waals surface area contributed by atoms with Gasteiger partial charge in [-0.2, -0.15) is 0 Å². The SMILES string of the molecule is CNC(Cc1ccc(I)cc1)C1CCC(C)O1. The lowest BCUT2D eigenvalue weighted by atomic mass is 9.99. The van der Waals surface area contributed by atoms with Crippen LogP contribution in [0.1, 0.15) is 25.3 Å². The van der Waals surface area contributed by atoms with Gasteiger partial charge in [0.05, 0.1) is 12.2 Å². The van der Waals surface area contributed by atoms with E-state index in [1.54, 1.807) is 0 Å². The van der Waals surface area contributed by atoms with Crippen LogP contribution in [0.4, 0.5) is 0 Å². The van der Waals surface area contributed by atoms with Crippen molar-refractivity contribution in [2.75, 3.05) is 7.05 Å². The highest BCUT2D eigenvalue weighted by molar-refractivity contribution is 14.1. The molecule has 1 aliphatic heterocycles. The molecule has 0 bridgehead atoms. The van der Waals surface area contributed by atoms with Crippen LogP contribution in [0, 0.1) is 3.57 Å². The molecule has 1 fully saturated rings. The topological polar surface area (TPSA) is 21.3 Å². The maximum absolute atomic E-state index is 5.95. The third kappa shape index (κ3) is 3.66. The van der Waals surface area contributed by atoms with Gasteiger partial charge in [0.15, 0.2) is 0 Å². The predicted molar refractivity (Wildman–Crippen MR) is 79.3 cm³/mol. The molecule has 0 aromatic heterocycles. The molecule has 1 N–H and O–H groups in total. The number of rotatable bonds is 4. The lowest BCUT2D eigenvalue weighted by Gasteiger charge is -2.23. The van der Waals surface area contributed by atoms with Crippen LogP contribution in [-0.2, 0) is 11.2 Å². The number of nitrogens with one attached hydrogen (secondary N) is 1. The third-order valence-electron chi connectivity index (χ3n) is 3.45. The maximum Gasteiger partial charge on any atom is 0.0735 e. The average Bonchev–Trinajstić information content (AvgIpc) is 2.75. The second-order valence-corrected chi connectivity index (χ2v) is 6.03. The zero-order valence-corrected chi connectivity index (χ0v) is 12.6. The second-order valence-electron chi connectivity index (χ2n) is 4.79. The van der Waals surface area contributed by atoms with E-state index in [0.29, 0.717) is 18.2 Å². The Morgan fingerprint density at radius 3 is 2.59 bits per heavy atom. The standard InChI is InChI=1S/C14H20INO/c1-10-3-8-14(17-10)13(16-2)9-11-4-6-12(15)7-5-11/h4-7,10,13-14,16H,3,8-9H2,1-2H3. The zero-order chi connectivity index (χ0) is 12.3. The highest BCUT2D eigenvalue weighted by atomic mass is 127. The zero-order valence-electron chi connectivity index (χ0n) is 10.4. The van der Waals surface area contributed by atoms with E-state index in [4.69, 9.17) is 4.74 Å². The van der Waals surface area contributed by atoms with E-state index in [0.717, 1.165) is 6.42 Å². The molecule has 17 heavy (non-hydrogen) atoms. The van der Waals surface area contributed by atoms with E-state index >= 15 is 0 Å². The normalized spacial score (nSPS) is 26.1. The van der Waals surface area contributed by atoms with E-state index < -0.39 is 0 Å². The Labute approximate surface area is 117 Å². The van der Waals surface area contributed by atoms with Crippen molar-refractivity contribution in [3.8, 4) is 0 Å². The van der Waals surface area contributed by atoms with Gasteiger partial charge in [-0.3, -0.25) is 0 Å². The van der Waals surface area contributed by atoms with Crippen molar-refractivity contribution >= 4 is 22.6 Å². The van der Waals surface area contributed by atoms with Gasteiger partial charge < -0.3 is 10.1 Å². The van der Waals surface area contributed by atoms with Crippen LogP contribution in [0.2, 0.25) is 0 Å². The molecular formula is C14H20INO. The van der Waals surface area contributed by atoms with Gasteiger partial charge in [-0.05, 0) is 73.5 Å². The summed E-state index contributed by atoms with van der Waals surface area (Å²) in [7, 11) is 2.03. The van der Waals surface area contributed by atoms with Crippen LogP contribution in [0.25, 0.3) is 0 Å². The number of likely N-dealkylation sites (N-methyl/N-ethyl adjacent to an activating group) is 1. The summed E-state index contributed by atoms with van der Waals surface area (Å²) in [6.07, 6.45) is 4.21. The Morgan fingerprint density at radius 1 is 1.35 bits per heavy atom. The summed E-state index contributed by atoms with van der Waals surface area (Å²) in [6, 6.07) is 9.19. The van der Waals surface area contributed by atoms with Gasteiger partial charge in [-0.15, -0.1) is 0 Å². The molecule has 94 valence electrons. The predicted octanol–water partition coefficient (Wildman–Crippen LogP) is 2.99. The molecule has 0 saturated carbocycles. The number of ether oxygens (including phenoxy) is 1. The highest BCUT2D eigenvalue weighted by Gasteiger charge is 2.28. The summed E-state index contributed by atoms with van der Waals surface area (Å²) in [6.45, 7) is 2.16. The third-order valence-corrected chi connectivity index (χ3v) is 4.17. The smallest absolute Gasteiger partial charge is 0.0735 e. The van der Waals surface area contributed by atoms with Crippen LogP contribution in [-0.4, -0.2) is 25.3 Å². The molecule has 2 nitrogen and oxygen atoms in total. The molecule has 1 aromatic rings. The molecule has 3 heteroatoms. The summed E-state index contributed by atoms with van der Waals surface area (Å²) in [4.78, 5) is 0. The minimum Gasteiger partial charge on any atom is -0.374 e. The molecular weight excluding hydrogens is 325 g/mol. The average molecular weight is 345 g/mol. The van der Waals surface area contributed by atoms with Gasteiger partial charge in [0.1, 0.15) is 0 Å². The van der Waals surface area contributed by atoms with Gasteiger partial charge in [0, 0.05) is 9.61 Å². The molecule has 0 radical (unpaired) electrons. The van der Waals surface area contributed by atoms with Crippen molar-refractivity contribution < 1.29 is 4.74 Å². The molecule has 0 spiro atoms. The Balaban J connectivity index is 1.97. The summed E-state index contributed by atoms with van der Waals surface area (Å²) in [5.41, 5.74) is 1.38. The van der Waals surface area contributed by atoms with E-state index in [-0.39, 0.29) is 0 Å². The summed E-state index contributed by atoms with van der Waals surface area (Å²) in [5.74, 6) is 0. The number of hydrogen-bond acceptors (Lipinski definition) is 2. The van der Waals surface area contributed by atoms with Crippen LogP contribution < -0.4 is 5.32 Å². The molecule has 1 aromatic carbocycles. The first-order valence-electron chi connectivity index (χ1n) is 6.26. The number of hydrogen-bond donors (Lipinski definition) is 1. The highest BCUT2D eigenvalue weighted by Crippen LogP contribution is 2.23. The largest absolute Gasteiger partial charge is 0.374 e. The van der Waals surface area contributed by atoms with E-state index in [1.165, 1.54) is 22.0 Å². The first kappa shape index (κ1) is 13.3. The maximum atomic E-state index is 5.95. The van der Waals surface area contributed by atoms with Crippen molar-refractivity contribution in [1.82, 2.24) is 5.32 Å². The van der Waals surface area contributed by atoms with Crippen molar-refractivity contribution in [3.05, 3.63) is 33.4 Å². The molecule has 2 rings (SSSR count). The van der Waals surface area contributed by atoms with Gasteiger partial charge in [0.2, 0.25) is 0 Å². The van der Waals surface area contributed by atoms with Crippen LogP contribution in [0.3, 0.4) is 0 Å². The quantitative estimate of drug-likeness (QED) is 0.848. The molecule has 0 aliphatic carbocycles. The molecule has 3 unspecified atom stereocenters. The number of benzene rings is 1. The van der Waals surface area contributed by atoms with Crippen molar-refractivity contribution in [3.63, 3.8) is 0 Å². The molecule has 1 heterocycles. The van der Waals surface area contributed by atoms with Crippen molar-refractivity contribution in [1.29, 1.82) is 0 Å². The first-order valence-corrected chi connectivity index (χ1v) is 7.34. The van der Waals surface area contributed by atoms with Crippen LogP contribution >= 0.6 is 22.6 Å². The minimum absolute atomic E-state index is 0.370. The Morgan fingerprint density at radius 2 is 2.06 bits per heavy atom. The monoisotopic (exact) mass is 345 g/mol. The summed E-state index contributed by atoms with van der Waals surface area (Å²) in [5, 5.41) is 3.40. The summed E-state index contributed by atoms with van der Waals surface area (Å²) < 4.78 is 7.24. The van der Waals surface area contributed by atoms with E-state index in [2.05, 4.69) is 59.1 Å². The van der Waals surface area contributed by atoms with Gasteiger partial charge in [0.25, 0.3) is 0 Å². The fourth-order valence-electron chi connectivity index (χ4n) is 2.42. The van der Waals surface area contributed by atoms with Gasteiger partial charge in [-0.25, -0.2) is 0 Å². The molecule has 1 saturated heterocycles.